The number of benzene rings is 2. The van der Waals surface area contributed by atoms with Crippen LogP contribution in [0.1, 0.15) is 29.7 Å². The van der Waals surface area contributed by atoms with E-state index in [0.29, 0.717) is 25.6 Å². The third kappa shape index (κ3) is 3.36. The first-order chi connectivity index (χ1) is 14.6. The van der Waals surface area contributed by atoms with Gasteiger partial charge in [0.05, 0.1) is 17.9 Å². The van der Waals surface area contributed by atoms with Crippen LogP contribution in [-0.2, 0) is 17.9 Å². The first-order valence-electron chi connectivity index (χ1n) is 10.1. The Bertz CT molecular complexity index is 1120. The molecule has 1 unspecified atom stereocenters. The van der Waals surface area contributed by atoms with E-state index in [1.165, 1.54) is 0 Å². The fourth-order valence-corrected chi connectivity index (χ4v) is 3.91. The van der Waals surface area contributed by atoms with Crippen molar-refractivity contribution in [3.05, 3.63) is 59.3 Å². The topological polar surface area (TPSA) is 74.6 Å². The summed E-state index contributed by atoms with van der Waals surface area (Å²) in [6.07, 6.45) is 1.78. The van der Waals surface area contributed by atoms with Gasteiger partial charge in [0.25, 0.3) is 0 Å². The smallest absolute Gasteiger partial charge is 0.242 e. The van der Waals surface area contributed by atoms with Crippen LogP contribution in [0.4, 0.5) is 0 Å². The molecule has 0 spiro atoms. The molecule has 2 aromatic carbocycles. The van der Waals surface area contributed by atoms with Crippen molar-refractivity contribution < 1.29 is 19.0 Å². The molecule has 0 bridgehead atoms. The molecule has 7 nitrogen and oxygen atoms in total. The van der Waals surface area contributed by atoms with E-state index >= 15 is 0 Å². The van der Waals surface area contributed by atoms with E-state index in [9.17, 15) is 4.79 Å². The van der Waals surface area contributed by atoms with E-state index in [1.54, 1.807) is 10.9 Å². The lowest BCUT2D eigenvalue weighted by Gasteiger charge is -2.22. The molecule has 0 saturated heterocycles. The Labute approximate surface area is 174 Å². The number of carbonyl (C=O) groups is 1. The van der Waals surface area contributed by atoms with Gasteiger partial charge in [-0.15, -0.1) is 0 Å². The molecule has 0 aliphatic carbocycles. The number of nitrogens with one attached hydrogen (secondary N) is 1. The number of hydrogen-bond acceptors (Lipinski definition) is 5. The fraction of sp³-hybridized carbons (Fsp3) is 0.304. The average molecular weight is 405 g/mol. The molecule has 0 saturated carbocycles. The van der Waals surface area contributed by atoms with Crippen LogP contribution in [0, 0.1) is 6.92 Å². The van der Waals surface area contributed by atoms with Gasteiger partial charge in [-0.1, -0.05) is 17.7 Å². The van der Waals surface area contributed by atoms with Crippen molar-refractivity contribution in [1.82, 2.24) is 15.1 Å². The van der Waals surface area contributed by atoms with Crippen molar-refractivity contribution in [1.29, 1.82) is 0 Å². The Kier molecular flexibility index (Phi) is 4.58. The fourth-order valence-electron chi connectivity index (χ4n) is 3.91. The molecule has 3 heterocycles. The van der Waals surface area contributed by atoms with Crippen LogP contribution in [0.5, 0.6) is 17.2 Å². The highest BCUT2D eigenvalue weighted by Gasteiger charge is 2.24. The zero-order chi connectivity index (χ0) is 20.7. The summed E-state index contributed by atoms with van der Waals surface area (Å²) in [6, 6.07) is 11.6. The molecule has 5 rings (SSSR count). The molecule has 154 valence electrons. The molecule has 1 aromatic heterocycles. The van der Waals surface area contributed by atoms with Gasteiger partial charge in [0.1, 0.15) is 32.1 Å². The predicted octanol–water partition coefficient (Wildman–Crippen LogP) is 3.40. The molecule has 2 aliphatic heterocycles. The van der Waals surface area contributed by atoms with E-state index in [2.05, 4.69) is 16.5 Å². The molecule has 7 heteroatoms. The molecule has 30 heavy (non-hydrogen) atoms. The number of fused-ring (bicyclic) bond motifs is 4. The number of aromatic nitrogens is 2. The minimum atomic E-state index is -0.169. The number of ether oxygens (including phenoxy) is 3. The SMILES string of the molecule is Cc1ccc2c(c1)-c1c(cnn1CC(=O)NC(C)c1ccc3c(c1)OCCO3)CO2. The van der Waals surface area contributed by atoms with Gasteiger partial charge in [0, 0.05) is 11.1 Å². The minimum Gasteiger partial charge on any atom is -0.488 e. The number of aryl methyl sites for hydroxylation is 1. The Balaban J connectivity index is 1.33. The second-order valence-electron chi connectivity index (χ2n) is 7.66. The Morgan fingerprint density at radius 3 is 2.77 bits per heavy atom. The lowest BCUT2D eigenvalue weighted by Crippen LogP contribution is -2.31. The highest BCUT2D eigenvalue weighted by Crippen LogP contribution is 2.38. The predicted molar refractivity (Wildman–Crippen MR) is 111 cm³/mol. The Morgan fingerprint density at radius 2 is 1.90 bits per heavy atom. The summed E-state index contributed by atoms with van der Waals surface area (Å²) in [4.78, 5) is 12.8. The summed E-state index contributed by atoms with van der Waals surface area (Å²) < 4.78 is 18.8. The number of rotatable bonds is 4. The molecule has 1 amide bonds. The van der Waals surface area contributed by atoms with Gasteiger partial charge in [-0.05, 0) is 43.7 Å². The lowest BCUT2D eigenvalue weighted by atomic mass is 10.0. The molecule has 2 aliphatic rings. The van der Waals surface area contributed by atoms with Gasteiger partial charge in [-0.25, -0.2) is 0 Å². The number of nitrogens with zero attached hydrogens (tertiary/aromatic N) is 2. The van der Waals surface area contributed by atoms with Crippen LogP contribution in [0.25, 0.3) is 11.3 Å². The van der Waals surface area contributed by atoms with Crippen LogP contribution in [0.2, 0.25) is 0 Å². The Morgan fingerprint density at radius 1 is 1.10 bits per heavy atom. The van der Waals surface area contributed by atoms with Crippen LogP contribution in [-0.4, -0.2) is 28.9 Å². The average Bonchev–Trinajstić information content (AvgIpc) is 3.16. The van der Waals surface area contributed by atoms with Gasteiger partial charge in [-0.3, -0.25) is 9.48 Å². The van der Waals surface area contributed by atoms with Gasteiger partial charge in [-0.2, -0.15) is 5.10 Å². The van der Waals surface area contributed by atoms with E-state index in [0.717, 1.165) is 39.4 Å². The molecular formula is C23H23N3O4. The van der Waals surface area contributed by atoms with Gasteiger partial charge >= 0.3 is 0 Å². The third-order valence-electron chi connectivity index (χ3n) is 5.43. The van der Waals surface area contributed by atoms with Crippen molar-refractivity contribution in [2.45, 2.75) is 33.0 Å². The molecule has 1 N–H and O–H groups in total. The van der Waals surface area contributed by atoms with E-state index in [-0.39, 0.29) is 18.5 Å². The zero-order valence-electron chi connectivity index (χ0n) is 17.0. The van der Waals surface area contributed by atoms with Crippen molar-refractivity contribution in [3.63, 3.8) is 0 Å². The normalized spacial score (nSPS) is 14.9. The highest BCUT2D eigenvalue weighted by atomic mass is 16.6. The molecule has 1 atom stereocenters. The summed E-state index contributed by atoms with van der Waals surface area (Å²) in [5.41, 5.74) is 5.00. The van der Waals surface area contributed by atoms with Gasteiger partial charge < -0.3 is 19.5 Å². The largest absolute Gasteiger partial charge is 0.488 e. The van der Waals surface area contributed by atoms with Crippen LogP contribution in [0.15, 0.2) is 42.6 Å². The number of carbonyl (C=O) groups excluding carboxylic acids is 1. The van der Waals surface area contributed by atoms with Crippen LogP contribution >= 0.6 is 0 Å². The first-order valence-corrected chi connectivity index (χ1v) is 10.1. The summed E-state index contributed by atoms with van der Waals surface area (Å²) in [7, 11) is 0. The minimum absolute atomic E-state index is 0.107. The van der Waals surface area contributed by atoms with E-state index in [1.807, 2.05) is 44.2 Å². The van der Waals surface area contributed by atoms with E-state index < -0.39 is 0 Å². The second-order valence-corrected chi connectivity index (χ2v) is 7.66. The molecular weight excluding hydrogens is 382 g/mol. The second kappa shape index (κ2) is 7.40. The zero-order valence-corrected chi connectivity index (χ0v) is 17.0. The maximum atomic E-state index is 12.8. The van der Waals surface area contributed by atoms with Crippen molar-refractivity contribution >= 4 is 5.91 Å². The highest BCUT2D eigenvalue weighted by molar-refractivity contribution is 5.79. The monoisotopic (exact) mass is 405 g/mol. The van der Waals surface area contributed by atoms with E-state index in [4.69, 9.17) is 14.2 Å². The number of amides is 1. The third-order valence-corrected chi connectivity index (χ3v) is 5.43. The van der Waals surface area contributed by atoms with Gasteiger partial charge in [0.2, 0.25) is 5.91 Å². The molecule has 0 radical (unpaired) electrons. The van der Waals surface area contributed by atoms with Crippen LogP contribution in [0.3, 0.4) is 0 Å². The van der Waals surface area contributed by atoms with Crippen molar-refractivity contribution in [2.75, 3.05) is 13.2 Å². The first kappa shape index (κ1) is 18.5. The maximum absolute atomic E-state index is 12.8. The summed E-state index contributed by atoms with van der Waals surface area (Å²) in [6.45, 7) is 5.68. The summed E-state index contributed by atoms with van der Waals surface area (Å²) in [5.74, 6) is 2.17. The van der Waals surface area contributed by atoms with Crippen molar-refractivity contribution in [2.24, 2.45) is 0 Å². The van der Waals surface area contributed by atoms with Crippen molar-refractivity contribution in [3.8, 4) is 28.5 Å². The molecule has 3 aromatic rings. The number of hydrogen-bond donors (Lipinski definition) is 1. The van der Waals surface area contributed by atoms with Gasteiger partial charge in [0.15, 0.2) is 11.5 Å². The maximum Gasteiger partial charge on any atom is 0.242 e. The standard InChI is InChI=1S/C23H23N3O4/c1-14-3-5-19-18(9-14)23-17(13-30-19)11-24-26(23)12-22(27)25-15(2)16-4-6-20-21(10-16)29-8-7-28-20/h3-6,9-11,15H,7-8,12-13H2,1-2H3,(H,25,27). The summed E-state index contributed by atoms with van der Waals surface area (Å²) >= 11 is 0. The summed E-state index contributed by atoms with van der Waals surface area (Å²) in [5, 5.41) is 7.50. The Hall–Kier alpha value is -3.48. The van der Waals surface area contributed by atoms with Crippen LogP contribution < -0.4 is 19.5 Å². The molecule has 0 fully saturated rings. The quantitative estimate of drug-likeness (QED) is 0.720. The lowest BCUT2D eigenvalue weighted by molar-refractivity contribution is -0.122.